The van der Waals surface area contributed by atoms with Crippen LogP contribution < -0.4 is 10.6 Å². The Labute approximate surface area is 165 Å². The third-order valence-corrected chi connectivity index (χ3v) is 4.33. The quantitative estimate of drug-likeness (QED) is 0.703. The maximum atomic E-state index is 14.0. The number of carbonyl (C=O) groups is 2. The van der Waals surface area contributed by atoms with E-state index in [1.54, 1.807) is 20.8 Å². The molecule has 0 heterocycles. The largest absolute Gasteiger partial charge is 0.444 e. The second-order valence-corrected chi connectivity index (χ2v) is 7.99. The molecule has 2 amide bonds. The summed E-state index contributed by atoms with van der Waals surface area (Å²) in [6.45, 7) is 5.14. The van der Waals surface area contributed by atoms with Crippen molar-refractivity contribution < 1.29 is 36.3 Å². The second-order valence-electron chi connectivity index (χ2n) is 7.99. The Morgan fingerprint density at radius 1 is 1.00 bits per heavy atom. The van der Waals surface area contributed by atoms with Crippen molar-refractivity contribution >= 4 is 12.0 Å². The van der Waals surface area contributed by atoms with Gasteiger partial charge in [0.15, 0.2) is 0 Å². The molecule has 162 valence electrons. The third-order valence-electron chi connectivity index (χ3n) is 4.33. The molecule has 1 aliphatic carbocycles. The van der Waals surface area contributed by atoms with Crippen LogP contribution in [-0.2, 0) is 10.9 Å². The molecule has 29 heavy (non-hydrogen) atoms. The van der Waals surface area contributed by atoms with Gasteiger partial charge in [-0.2, -0.15) is 13.2 Å². The molecule has 1 aromatic carbocycles. The monoisotopic (exact) mass is 422 g/mol. The molecule has 0 aliphatic heterocycles. The number of rotatable bonds is 3. The number of hydrogen-bond donors (Lipinski definition) is 2. The van der Waals surface area contributed by atoms with Crippen molar-refractivity contribution in [2.24, 2.45) is 0 Å². The highest BCUT2D eigenvalue weighted by molar-refractivity contribution is 5.95. The molecular weight excluding hydrogens is 399 g/mol. The van der Waals surface area contributed by atoms with Crippen molar-refractivity contribution in [3.05, 3.63) is 34.9 Å². The van der Waals surface area contributed by atoms with Gasteiger partial charge >= 0.3 is 12.3 Å². The lowest BCUT2D eigenvalue weighted by atomic mass is 9.91. The normalized spacial score (nSPS) is 20.1. The van der Waals surface area contributed by atoms with Crippen molar-refractivity contribution in [3.8, 4) is 0 Å². The molecule has 0 bridgehead atoms. The van der Waals surface area contributed by atoms with Gasteiger partial charge in [-0.1, -0.05) is 0 Å². The van der Waals surface area contributed by atoms with Crippen molar-refractivity contribution in [2.75, 3.05) is 0 Å². The minimum absolute atomic E-state index is 0.0890. The fourth-order valence-electron chi connectivity index (χ4n) is 3.14. The average molecular weight is 422 g/mol. The van der Waals surface area contributed by atoms with Gasteiger partial charge in [0.05, 0.1) is 5.56 Å². The predicted octanol–water partition coefficient (Wildman–Crippen LogP) is 4.55. The Morgan fingerprint density at radius 3 is 2.00 bits per heavy atom. The Bertz CT molecular complexity index is 751. The van der Waals surface area contributed by atoms with Crippen LogP contribution in [0, 0.1) is 11.6 Å². The molecular formula is C19H23F5N2O3. The SMILES string of the molecule is CC(C)(C)OC(=O)N[C@H]1CCC[C@H](NC(=O)c2c(F)cc(C(F)(F)F)cc2F)C1. The molecule has 2 N–H and O–H groups in total. The molecule has 2 atom stereocenters. The van der Waals surface area contributed by atoms with Gasteiger partial charge in [0.1, 0.15) is 22.8 Å². The standard InChI is InChI=1S/C19H23F5N2O3/c1-18(2,3)29-17(28)26-12-6-4-5-11(9-12)25-16(27)15-13(20)7-10(8-14(15)21)19(22,23)24/h7-8,11-12H,4-6,9H2,1-3H3,(H,25,27)(H,26,28)/t11-,12-/m0/s1. The number of ether oxygens (including phenoxy) is 1. The fraction of sp³-hybridized carbons (Fsp3) is 0.579. The molecule has 5 nitrogen and oxygen atoms in total. The van der Waals surface area contributed by atoms with Gasteiger partial charge in [-0.05, 0) is 58.6 Å². The highest BCUT2D eigenvalue weighted by Crippen LogP contribution is 2.31. The molecule has 0 spiro atoms. The van der Waals surface area contributed by atoms with Crippen LogP contribution in [0.3, 0.4) is 0 Å². The number of alkyl halides is 3. The summed E-state index contributed by atoms with van der Waals surface area (Å²) in [7, 11) is 0. The van der Waals surface area contributed by atoms with Gasteiger partial charge in [-0.25, -0.2) is 13.6 Å². The molecule has 1 fully saturated rings. The first-order valence-corrected chi connectivity index (χ1v) is 9.13. The van der Waals surface area contributed by atoms with Crippen LogP contribution in [0.25, 0.3) is 0 Å². The molecule has 10 heteroatoms. The maximum Gasteiger partial charge on any atom is 0.416 e. The first kappa shape index (κ1) is 22.9. The first-order chi connectivity index (χ1) is 13.3. The summed E-state index contributed by atoms with van der Waals surface area (Å²) in [4.78, 5) is 24.1. The van der Waals surface area contributed by atoms with Crippen molar-refractivity contribution in [1.29, 1.82) is 0 Å². The predicted molar refractivity (Wildman–Crippen MR) is 94.2 cm³/mol. The molecule has 0 unspecified atom stereocenters. The molecule has 2 rings (SSSR count). The van der Waals surface area contributed by atoms with E-state index in [4.69, 9.17) is 4.74 Å². The Morgan fingerprint density at radius 2 is 1.52 bits per heavy atom. The lowest BCUT2D eigenvalue weighted by Crippen LogP contribution is -2.47. The van der Waals surface area contributed by atoms with Crippen LogP contribution >= 0.6 is 0 Å². The summed E-state index contributed by atoms with van der Waals surface area (Å²) in [5, 5.41) is 5.11. The van der Waals surface area contributed by atoms with Gasteiger partial charge < -0.3 is 15.4 Å². The number of halogens is 5. The van der Waals surface area contributed by atoms with E-state index in [0.717, 1.165) is 0 Å². The molecule has 1 aromatic rings. The van der Waals surface area contributed by atoms with E-state index in [2.05, 4.69) is 10.6 Å². The molecule has 0 aromatic heterocycles. The number of hydrogen-bond acceptors (Lipinski definition) is 3. The van der Waals surface area contributed by atoms with Crippen LogP contribution in [0.4, 0.5) is 26.7 Å². The average Bonchev–Trinajstić information content (AvgIpc) is 2.51. The van der Waals surface area contributed by atoms with Crippen LogP contribution in [0.5, 0.6) is 0 Å². The van der Waals surface area contributed by atoms with E-state index < -0.39 is 52.6 Å². The summed E-state index contributed by atoms with van der Waals surface area (Å²) in [6, 6.07) is -0.638. The number of benzene rings is 1. The van der Waals surface area contributed by atoms with Gasteiger partial charge in [0.25, 0.3) is 5.91 Å². The second kappa shape index (κ2) is 8.54. The van der Waals surface area contributed by atoms with Crippen LogP contribution in [0.2, 0.25) is 0 Å². The Kier molecular flexibility index (Phi) is 6.74. The summed E-state index contributed by atoms with van der Waals surface area (Å²) in [5.41, 5.74) is -3.26. The third kappa shape index (κ3) is 6.57. The van der Waals surface area contributed by atoms with E-state index in [1.807, 2.05) is 0 Å². The van der Waals surface area contributed by atoms with Crippen molar-refractivity contribution in [1.82, 2.24) is 10.6 Å². The number of amides is 2. The number of alkyl carbamates (subject to hydrolysis) is 1. The summed E-state index contributed by atoms with van der Waals surface area (Å²) in [5.74, 6) is -4.32. The zero-order chi connectivity index (χ0) is 22.0. The van der Waals surface area contributed by atoms with Crippen LogP contribution in [0.15, 0.2) is 12.1 Å². The minimum Gasteiger partial charge on any atom is -0.444 e. The van der Waals surface area contributed by atoms with E-state index in [1.165, 1.54) is 0 Å². The molecule has 1 saturated carbocycles. The topological polar surface area (TPSA) is 67.4 Å². The van der Waals surface area contributed by atoms with E-state index in [9.17, 15) is 31.5 Å². The fourth-order valence-corrected chi connectivity index (χ4v) is 3.14. The van der Waals surface area contributed by atoms with Gasteiger partial charge in [-0.3, -0.25) is 4.79 Å². The first-order valence-electron chi connectivity index (χ1n) is 9.13. The number of carbonyl (C=O) groups excluding carboxylic acids is 2. The van der Waals surface area contributed by atoms with Gasteiger partial charge in [0, 0.05) is 12.1 Å². The number of nitrogens with one attached hydrogen (secondary N) is 2. The van der Waals surface area contributed by atoms with Crippen LogP contribution in [-0.4, -0.2) is 29.7 Å². The Hall–Kier alpha value is -2.39. The van der Waals surface area contributed by atoms with E-state index in [0.29, 0.717) is 25.7 Å². The van der Waals surface area contributed by atoms with Gasteiger partial charge in [-0.15, -0.1) is 0 Å². The minimum atomic E-state index is -4.93. The smallest absolute Gasteiger partial charge is 0.416 e. The molecule has 0 saturated heterocycles. The Balaban J connectivity index is 2.03. The maximum absolute atomic E-state index is 14.0. The molecule has 0 radical (unpaired) electrons. The van der Waals surface area contributed by atoms with Crippen LogP contribution in [0.1, 0.15) is 62.4 Å². The lowest BCUT2D eigenvalue weighted by Gasteiger charge is -2.31. The summed E-state index contributed by atoms with van der Waals surface area (Å²) >= 11 is 0. The zero-order valence-corrected chi connectivity index (χ0v) is 16.3. The van der Waals surface area contributed by atoms with Gasteiger partial charge in [0.2, 0.25) is 0 Å². The highest BCUT2D eigenvalue weighted by atomic mass is 19.4. The van der Waals surface area contributed by atoms with E-state index in [-0.39, 0.29) is 18.2 Å². The van der Waals surface area contributed by atoms with E-state index >= 15 is 0 Å². The lowest BCUT2D eigenvalue weighted by molar-refractivity contribution is -0.138. The molecule has 1 aliphatic rings. The summed E-state index contributed by atoms with van der Waals surface area (Å²) in [6.07, 6.45) is -3.48. The zero-order valence-electron chi connectivity index (χ0n) is 16.3. The summed E-state index contributed by atoms with van der Waals surface area (Å²) < 4.78 is 71.0. The van der Waals surface area contributed by atoms with Crippen molar-refractivity contribution in [2.45, 2.75) is 70.3 Å². The highest BCUT2D eigenvalue weighted by Gasteiger charge is 2.34. The van der Waals surface area contributed by atoms with Crippen molar-refractivity contribution in [3.63, 3.8) is 0 Å².